The molecule has 0 bridgehead atoms. The second-order valence-electron chi connectivity index (χ2n) is 2.55. The molecule has 0 aliphatic heterocycles. The van der Waals surface area contributed by atoms with Crippen LogP contribution in [0.3, 0.4) is 0 Å². The van der Waals surface area contributed by atoms with E-state index in [2.05, 4.69) is 4.98 Å². The first-order valence-corrected chi connectivity index (χ1v) is 4.75. The van der Waals surface area contributed by atoms with Gasteiger partial charge in [-0.05, 0) is 6.92 Å². The van der Waals surface area contributed by atoms with Gasteiger partial charge in [-0.2, -0.15) is 0 Å². The average molecular weight is 251 g/mol. The summed E-state index contributed by atoms with van der Waals surface area (Å²) < 4.78 is 5.02. The summed E-state index contributed by atoms with van der Waals surface area (Å²) in [6, 6.07) is 0. The van der Waals surface area contributed by atoms with E-state index in [0.29, 0.717) is 6.61 Å². The summed E-state index contributed by atoms with van der Waals surface area (Å²) in [6.07, 6.45) is 0. The van der Waals surface area contributed by atoms with E-state index in [1.807, 2.05) is 0 Å². The molecule has 0 aliphatic rings. The molecular formula is C8H8Cl2N2O3. The quantitative estimate of drug-likeness (QED) is 0.858. The maximum Gasteiger partial charge on any atom is 0.356 e. The molecule has 0 saturated carbocycles. The minimum atomic E-state index is -1.29. The highest BCUT2D eigenvalue weighted by atomic mass is 35.5. The number of carbonyl (C=O) groups is 1. The number of aromatic nitrogens is 1. The fourth-order valence-corrected chi connectivity index (χ4v) is 1.37. The van der Waals surface area contributed by atoms with Gasteiger partial charge in [0.15, 0.2) is 5.69 Å². The van der Waals surface area contributed by atoms with Gasteiger partial charge in [-0.25, -0.2) is 9.78 Å². The molecule has 1 aromatic rings. The number of hydrogen-bond donors (Lipinski definition) is 2. The predicted octanol–water partition coefficient (Wildman–Crippen LogP) is 2.07. The molecule has 15 heavy (non-hydrogen) atoms. The lowest BCUT2D eigenvalue weighted by atomic mass is 10.3. The smallest absolute Gasteiger partial charge is 0.356 e. The highest BCUT2D eigenvalue weighted by Gasteiger charge is 2.20. The molecule has 0 spiro atoms. The van der Waals surface area contributed by atoms with E-state index in [4.69, 9.17) is 38.8 Å². The molecule has 1 rings (SSSR count). The van der Waals surface area contributed by atoms with Gasteiger partial charge in [0, 0.05) is 0 Å². The van der Waals surface area contributed by atoms with Crippen molar-refractivity contribution in [2.45, 2.75) is 6.92 Å². The lowest BCUT2D eigenvalue weighted by molar-refractivity contribution is 0.0689. The van der Waals surface area contributed by atoms with Crippen LogP contribution in [-0.4, -0.2) is 22.7 Å². The zero-order chi connectivity index (χ0) is 11.6. The third-order valence-corrected chi connectivity index (χ3v) is 2.31. The van der Waals surface area contributed by atoms with E-state index in [-0.39, 0.29) is 27.3 Å². The van der Waals surface area contributed by atoms with Crippen LogP contribution in [0.4, 0.5) is 5.69 Å². The number of aromatic carboxylic acids is 1. The second kappa shape index (κ2) is 4.55. The van der Waals surface area contributed by atoms with E-state index in [1.54, 1.807) is 6.92 Å². The molecule has 0 saturated heterocycles. The average Bonchev–Trinajstić information content (AvgIpc) is 2.18. The Bertz CT molecular complexity index is 409. The van der Waals surface area contributed by atoms with E-state index >= 15 is 0 Å². The number of carboxylic acid groups (broad SMARTS) is 1. The molecule has 82 valence electrons. The fourth-order valence-electron chi connectivity index (χ4n) is 0.913. The maximum absolute atomic E-state index is 10.7. The number of halogens is 2. The molecule has 0 aliphatic carbocycles. The normalized spacial score (nSPS) is 10.1. The van der Waals surface area contributed by atoms with E-state index in [9.17, 15) is 4.79 Å². The Morgan fingerprint density at radius 3 is 2.60 bits per heavy atom. The topological polar surface area (TPSA) is 85.4 Å². The van der Waals surface area contributed by atoms with Crippen molar-refractivity contribution < 1.29 is 14.6 Å². The number of ether oxygens (including phenoxy) is 1. The number of anilines is 1. The van der Waals surface area contributed by atoms with Crippen molar-refractivity contribution in [3.63, 3.8) is 0 Å². The summed E-state index contributed by atoms with van der Waals surface area (Å²) in [5.74, 6) is -1.32. The molecule has 0 radical (unpaired) electrons. The first kappa shape index (κ1) is 11.9. The summed E-state index contributed by atoms with van der Waals surface area (Å²) >= 11 is 11.4. The molecule has 0 atom stereocenters. The number of carboxylic acids is 1. The molecule has 0 unspecified atom stereocenters. The van der Waals surface area contributed by atoms with Crippen molar-refractivity contribution in [3.8, 4) is 5.88 Å². The summed E-state index contributed by atoms with van der Waals surface area (Å²) in [7, 11) is 0. The van der Waals surface area contributed by atoms with Crippen LogP contribution in [0, 0.1) is 0 Å². The maximum atomic E-state index is 10.7. The zero-order valence-electron chi connectivity index (χ0n) is 7.75. The molecule has 0 amide bonds. The highest BCUT2D eigenvalue weighted by Crippen LogP contribution is 2.35. The number of pyridine rings is 1. The van der Waals surface area contributed by atoms with Crippen molar-refractivity contribution in [3.05, 3.63) is 15.7 Å². The molecule has 0 aromatic carbocycles. The first-order chi connectivity index (χ1) is 6.99. The third kappa shape index (κ3) is 2.24. The van der Waals surface area contributed by atoms with Crippen LogP contribution in [0.1, 0.15) is 17.4 Å². The Labute approximate surface area is 95.8 Å². The van der Waals surface area contributed by atoms with Crippen molar-refractivity contribution in [2.75, 3.05) is 12.3 Å². The van der Waals surface area contributed by atoms with Gasteiger partial charge in [-0.1, -0.05) is 23.2 Å². The number of hydrogen-bond acceptors (Lipinski definition) is 4. The Morgan fingerprint density at radius 1 is 1.53 bits per heavy atom. The van der Waals surface area contributed by atoms with Crippen molar-refractivity contribution in [2.24, 2.45) is 0 Å². The Morgan fingerprint density at radius 2 is 2.13 bits per heavy atom. The summed E-state index contributed by atoms with van der Waals surface area (Å²) in [5.41, 5.74) is 5.08. The zero-order valence-corrected chi connectivity index (χ0v) is 9.26. The lowest BCUT2D eigenvalue weighted by Gasteiger charge is -2.09. The van der Waals surface area contributed by atoms with Crippen LogP contribution in [0.15, 0.2) is 0 Å². The fraction of sp³-hybridized carbons (Fsp3) is 0.250. The predicted molar refractivity (Wildman–Crippen MR) is 56.8 cm³/mol. The Hall–Kier alpha value is -1.20. The standard InChI is InChI=1S/C8H8Cl2N2O3/c1-2-15-7-4(10)5(11)3(9)6(12-7)8(13)14/h2H2,1H3,(H2,11,12)(H,13,14). The van der Waals surface area contributed by atoms with E-state index in [1.165, 1.54) is 0 Å². The molecule has 3 N–H and O–H groups in total. The minimum absolute atomic E-state index is 0.0202. The summed E-state index contributed by atoms with van der Waals surface area (Å²) in [6.45, 7) is 2.01. The van der Waals surface area contributed by atoms with Gasteiger partial charge in [0.05, 0.1) is 17.3 Å². The van der Waals surface area contributed by atoms with Crippen LogP contribution >= 0.6 is 23.2 Å². The second-order valence-corrected chi connectivity index (χ2v) is 3.30. The van der Waals surface area contributed by atoms with Gasteiger partial charge in [0.1, 0.15) is 5.02 Å². The molecule has 1 aromatic heterocycles. The molecule has 7 heteroatoms. The van der Waals surface area contributed by atoms with Crippen LogP contribution < -0.4 is 10.5 Å². The lowest BCUT2D eigenvalue weighted by Crippen LogP contribution is -2.07. The third-order valence-electron chi connectivity index (χ3n) is 1.57. The van der Waals surface area contributed by atoms with Gasteiger partial charge >= 0.3 is 5.97 Å². The number of nitrogens with zero attached hydrogens (tertiary/aromatic N) is 1. The van der Waals surface area contributed by atoms with Gasteiger partial charge < -0.3 is 15.6 Å². The SMILES string of the molecule is CCOc1nc(C(=O)O)c(Cl)c(N)c1Cl. The van der Waals surface area contributed by atoms with Crippen LogP contribution in [0.2, 0.25) is 10.0 Å². The monoisotopic (exact) mass is 250 g/mol. The van der Waals surface area contributed by atoms with Crippen molar-refractivity contribution >= 4 is 34.9 Å². The van der Waals surface area contributed by atoms with Gasteiger partial charge in [-0.3, -0.25) is 0 Å². The number of nitrogen functional groups attached to an aromatic ring is 1. The first-order valence-electron chi connectivity index (χ1n) is 3.99. The number of nitrogens with two attached hydrogens (primary N) is 1. The summed E-state index contributed by atoms with van der Waals surface area (Å²) in [4.78, 5) is 14.4. The Balaban J connectivity index is 3.38. The molecule has 1 heterocycles. The van der Waals surface area contributed by atoms with E-state index in [0.717, 1.165) is 0 Å². The van der Waals surface area contributed by atoms with Crippen LogP contribution in [0.25, 0.3) is 0 Å². The summed E-state index contributed by atoms with van der Waals surface area (Å²) in [5, 5.41) is 8.61. The van der Waals surface area contributed by atoms with Crippen molar-refractivity contribution in [1.82, 2.24) is 4.98 Å². The Kier molecular flexibility index (Phi) is 3.60. The van der Waals surface area contributed by atoms with Gasteiger partial charge in [-0.15, -0.1) is 0 Å². The van der Waals surface area contributed by atoms with E-state index < -0.39 is 5.97 Å². The largest absolute Gasteiger partial charge is 0.477 e. The van der Waals surface area contributed by atoms with Crippen molar-refractivity contribution in [1.29, 1.82) is 0 Å². The number of rotatable bonds is 3. The van der Waals surface area contributed by atoms with Crippen LogP contribution in [-0.2, 0) is 0 Å². The molecule has 0 fully saturated rings. The van der Waals surface area contributed by atoms with Gasteiger partial charge in [0.2, 0.25) is 5.88 Å². The molecular weight excluding hydrogens is 243 g/mol. The van der Waals surface area contributed by atoms with Crippen LogP contribution in [0.5, 0.6) is 5.88 Å². The minimum Gasteiger partial charge on any atom is -0.477 e. The highest BCUT2D eigenvalue weighted by molar-refractivity contribution is 6.41. The molecule has 5 nitrogen and oxygen atoms in total. The van der Waals surface area contributed by atoms with Gasteiger partial charge in [0.25, 0.3) is 0 Å².